The summed E-state index contributed by atoms with van der Waals surface area (Å²) in [6, 6.07) is 19.9. The molecular weight excluding hydrogens is 368 g/mol. The van der Waals surface area contributed by atoms with Crippen LogP contribution in [0, 0.1) is 6.92 Å². The lowest BCUT2D eigenvalue weighted by Gasteiger charge is -2.13. The Kier molecular flexibility index (Phi) is 6.58. The third-order valence-corrected chi connectivity index (χ3v) is 4.23. The van der Waals surface area contributed by atoms with Crippen LogP contribution in [0.15, 0.2) is 66.7 Å². The molecule has 0 atom stereocenters. The van der Waals surface area contributed by atoms with E-state index in [4.69, 9.17) is 25.7 Å². The van der Waals surface area contributed by atoms with Crippen molar-refractivity contribution in [1.82, 2.24) is 0 Å². The molecule has 150 valence electrons. The predicted molar refractivity (Wildman–Crippen MR) is 113 cm³/mol. The molecule has 0 radical (unpaired) electrons. The molecular formula is C23H24N2O4. The Morgan fingerprint density at radius 1 is 0.828 bits per heavy atom. The van der Waals surface area contributed by atoms with Gasteiger partial charge in [-0.15, -0.1) is 0 Å². The smallest absolute Gasteiger partial charge is 0.338 e. The van der Waals surface area contributed by atoms with Gasteiger partial charge in [0.05, 0.1) is 16.9 Å². The van der Waals surface area contributed by atoms with Crippen LogP contribution >= 0.6 is 0 Å². The summed E-state index contributed by atoms with van der Waals surface area (Å²) in [6.07, 6.45) is 0. The van der Waals surface area contributed by atoms with E-state index in [2.05, 4.69) is 0 Å². The normalized spacial score (nSPS) is 10.4. The molecule has 3 aromatic carbocycles. The van der Waals surface area contributed by atoms with E-state index in [1.165, 1.54) is 0 Å². The van der Waals surface area contributed by atoms with E-state index in [0.29, 0.717) is 28.4 Å². The van der Waals surface area contributed by atoms with Crippen molar-refractivity contribution in [3.8, 4) is 11.5 Å². The maximum absolute atomic E-state index is 12.3. The third kappa shape index (κ3) is 5.65. The van der Waals surface area contributed by atoms with E-state index in [-0.39, 0.29) is 19.8 Å². The lowest BCUT2D eigenvalue weighted by atomic mass is 10.2. The lowest BCUT2D eigenvalue weighted by Crippen LogP contribution is -2.12. The zero-order chi connectivity index (χ0) is 20.6. The Morgan fingerprint density at radius 3 is 2.14 bits per heavy atom. The van der Waals surface area contributed by atoms with Gasteiger partial charge in [-0.3, -0.25) is 0 Å². The predicted octanol–water partition coefficient (Wildman–Crippen LogP) is 3.97. The van der Waals surface area contributed by atoms with Crippen LogP contribution in [0.5, 0.6) is 11.5 Å². The molecule has 0 saturated heterocycles. The van der Waals surface area contributed by atoms with Crippen LogP contribution in [-0.4, -0.2) is 19.2 Å². The fourth-order valence-corrected chi connectivity index (χ4v) is 2.66. The Morgan fingerprint density at radius 2 is 1.45 bits per heavy atom. The van der Waals surface area contributed by atoms with E-state index in [1.54, 1.807) is 24.3 Å². The van der Waals surface area contributed by atoms with Gasteiger partial charge in [-0.1, -0.05) is 36.4 Å². The quantitative estimate of drug-likeness (QED) is 0.342. The first-order chi connectivity index (χ1) is 14.0. The van der Waals surface area contributed by atoms with Crippen molar-refractivity contribution in [3.63, 3.8) is 0 Å². The molecule has 6 heteroatoms. The first-order valence-corrected chi connectivity index (χ1v) is 9.25. The zero-order valence-corrected chi connectivity index (χ0v) is 16.3. The van der Waals surface area contributed by atoms with Gasteiger partial charge in [-0.25, -0.2) is 4.79 Å². The molecule has 0 spiro atoms. The number of ether oxygens (including phenoxy) is 3. The van der Waals surface area contributed by atoms with E-state index in [1.807, 2.05) is 49.4 Å². The van der Waals surface area contributed by atoms with Crippen LogP contribution in [0.1, 0.15) is 21.5 Å². The molecule has 0 aromatic heterocycles. The van der Waals surface area contributed by atoms with Crippen LogP contribution < -0.4 is 20.9 Å². The van der Waals surface area contributed by atoms with Crippen LogP contribution in [0.3, 0.4) is 0 Å². The van der Waals surface area contributed by atoms with Gasteiger partial charge in [-0.2, -0.15) is 0 Å². The number of hydrogen-bond donors (Lipinski definition) is 2. The summed E-state index contributed by atoms with van der Waals surface area (Å²) in [6.45, 7) is 2.70. The third-order valence-electron chi connectivity index (χ3n) is 4.23. The molecule has 0 aliphatic heterocycles. The van der Waals surface area contributed by atoms with Gasteiger partial charge >= 0.3 is 5.97 Å². The van der Waals surface area contributed by atoms with Crippen molar-refractivity contribution in [2.24, 2.45) is 0 Å². The van der Waals surface area contributed by atoms with Crippen LogP contribution in [0.4, 0.5) is 11.4 Å². The first-order valence-electron chi connectivity index (χ1n) is 9.25. The summed E-state index contributed by atoms with van der Waals surface area (Å²) >= 11 is 0. The number of nitrogen functional groups attached to an aromatic ring is 2. The average molecular weight is 392 g/mol. The molecule has 0 bridgehead atoms. The van der Waals surface area contributed by atoms with E-state index in [0.717, 1.165) is 11.1 Å². The van der Waals surface area contributed by atoms with E-state index < -0.39 is 5.97 Å². The number of hydrogen-bond acceptors (Lipinski definition) is 6. The topological polar surface area (TPSA) is 96.8 Å². The van der Waals surface area contributed by atoms with Gasteiger partial charge in [0.15, 0.2) is 0 Å². The summed E-state index contributed by atoms with van der Waals surface area (Å²) in [5.74, 6) is 0.572. The molecule has 6 nitrogen and oxygen atoms in total. The van der Waals surface area contributed by atoms with Gasteiger partial charge < -0.3 is 25.7 Å². The number of rotatable bonds is 8. The van der Waals surface area contributed by atoms with Gasteiger partial charge in [0, 0.05) is 0 Å². The summed E-state index contributed by atoms with van der Waals surface area (Å²) in [4.78, 5) is 12.3. The Labute approximate surface area is 170 Å². The van der Waals surface area contributed by atoms with Crippen molar-refractivity contribution >= 4 is 17.3 Å². The van der Waals surface area contributed by atoms with Gasteiger partial charge in [0.1, 0.15) is 31.3 Å². The summed E-state index contributed by atoms with van der Waals surface area (Å²) in [5.41, 5.74) is 15.2. The molecule has 0 amide bonds. The maximum atomic E-state index is 12.3. The number of esters is 1. The molecule has 0 saturated carbocycles. The molecule has 0 heterocycles. The summed E-state index contributed by atoms with van der Waals surface area (Å²) in [7, 11) is 0. The van der Waals surface area contributed by atoms with Crippen molar-refractivity contribution in [2.45, 2.75) is 13.5 Å². The highest BCUT2D eigenvalue weighted by atomic mass is 16.5. The number of benzene rings is 3. The monoisotopic (exact) mass is 392 g/mol. The van der Waals surface area contributed by atoms with Crippen LogP contribution in [0.2, 0.25) is 0 Å². The zero-order valence-electron chi connectivity index (χ0n) is 16.3. The van der Waals surface area contributed by atoms with E-state index >= 15 is 0 Å². The van der Waals surface area contributed by atoms with Crippen molar-refractivity contribution in [2.75, 3.05) is 24.7 Å². The van der Waals surface area contributed by atoms with Gasteiger partial charge in [-0.05, 0) is 48.4 Å². The fourth-order valence-electron chi connectivity index (χ4n) is 2.66. The molecule has 4 N–H and O–H groups in total. The van der Waals surface area contributed by atoms with E-state index in [9.17, 15) is 4.79 Å². The Balaban J connectivity index is 1.54. The SMILES string of the molecule is Cc1ccc(N)c(OCCOc2cc(C(=O)OCc3ccccc3)ccc2N)c1. The molecule has 0 unspecified atom stereocenters. The maximum Gasteiger partial charge on any atom is 0.338 e. The number of carbonyl (C=O) groups excluding carboxylic acids is 1. The molecule has 3 rings (SSSR count). The second-order valence-electron chi connectivity index (χ2n) is 6.55. The van der Waals surface area contributed by atoms with Crippen molar-refractivity contribution < 1.29 is 19.0 Å². The molecule has 3 aromatic rings. The van der Waals surface area contributed by atoms with Crippen LogP contribution in [0.25, 0.3) is 0 Å². The number of nitrogens with two attached hydrogens (primary N) is 2. The fraction of sp³-hybridized carbons (Fsp3) is 0.174. The van der Waals surface area contributed by atoms with Gasteiger partial charge in [0.2, 0.25) is 0 Å². The van der Waals surface area contributed by atoms with Gasteiger partial charge in [0.25, 0.3) is 0 Å². The van der Waals surface area contributed by atoms with Crippen molar-refractivity contribution in [1.29, 1.82) is 0 Å². The highest BCUT2D eigenvalue weighted by molar-refractivity contribution is 5.90. The minimum Gasteiger partial charge on any atom is -0.488 e. The van der Waals surface area contributed by atoms with Crippen LogP contribution in [-0.2, 0) is 11.3 Å². The standard InChI is InChI=1S/C23H24N2O4/c1-16-7-9-19(24)21(13-16)27-11-12-28-22-14-18(8-10-20(22)25)23(26)29-15-17-5-3-2-4-6-17/h2-10,13-14H,11-12,15,24-25H2,1H3. The summed E-state index contributed by atoms with van der Waals surface area (Å²) < 4.78 is 16.7. The second kappa shape index (κ2) is 9.50. The molecule has 0 fully saturated rings. The minimum absolute atomic E-state index is 0.200. The average Bonchev–Trinajstić information content (AvgIpc) is 2.73. The molecule has 29 heavy (non-hydrogen) atoms. The van der Waals surface area contributed by atoms with Crippen molar-refractivity contribution in [3.05, 3.63) is 83.4 Å². The largest absolute Gasteiger partial charge is 0.488 e. The number of carbonyl (C=O) groups is 1. The lowest BCUT2D eigenvalue weighted by molar-refractivity contribution is 0.0472. The molecule has 0 aliphatic carbocycles. The highest BCUT2D eigenvalue weighted by Gasteiger charge is 2.11. The molecule has 0 aliphatic rings. The Bertz CT molecular complexity index is 974. The summed E-state index contributed by atoms with van der Waals surface area (Å²) in [5, 5.41) is 0. The minimum atomic E-state index is -0.442. The first kappa shape index (κ1) is 20.1. The highest BCUT2D eigenvalue weighted by Crippen LogP contribution is 2.25. The number of aryl methyl sites for hydroxylation is 1. The Hall–Kier alpha value is -3.67. The second-order valence-corrected chi connectivity index (χ2v) is 6.55. The number of anilines is 2.